The lowest BCUT2D eigenvalue weighted by Gasteiger charge is -2.16. The zero-order valence-corrected chi connectivity index (χ0v) is 14.9. The molecule has 0 aliphatic heterocycles. The summed E-state index contributed by atoms with van der Waals surface area (Å²) in [7, 11) is 3.65. The number of carbonyl (C=O) groups excluding carboxylic acids is 1. The van der Waals surface area contributed by atoms with E-state index in [1.54, 1.807) is 18.1 Å². The molecule has 2 aromatic rings. The molecule has 2 rings (SSSR count). The second kappa shape index (κ2) is 9.14. The fourth-order valence-electron chi connectivity index (χ4n) is 1.72. The largest absolute Gasteiger partial charge is 0.344 e. The van der Waals surface area contributed by atoms with Gasteiger partial charge in [0.2, 0.25) is 5.91 Å². The topological polar surface area (TPSA) is 66.7 Å². The number of thiazole rings is 1. The Morgan fingerprint density at radius 2 is 2.32 bits per heavy atom. The monoisotopic (exact) mass is 362 g/mol. The van der Waals surface area contributed by atoms with Crippen molar-refractivity contribution in [2.45, 2.75) is 5.75 Å². The summed E-state index contributed by atoms with van der Waals surface area (Å²) in [4.78, 5) is 30.5. The van der Waals surface area contributed by atoms with E-state index in [-0.39, 0.29) is 23.9 Å². The Morgan fingerprint density at radius 1 is 1.55 bits per heavy atom. The van der Waals surface area contributed by atoms with Gasteiger partial charge in [0.15, 0.2) is 4.96 Å². The predicted octanol–water partition coefficient (Wildman–Crippen LogP) is 1.09. The molecule has 1 amide bonds. The van der Waals surface area contributed by atoms with Gasteiger partial charge in [-0.25, -0.2) is 4.98 Å². The minimum absolute atomic E-state index is 0. The van der Waals surface area contributed by atoms with Crippen molar-refractivity contribution in [3.05, 3.63) is 33.7 Å². The number of amides is 1. The van der Waals surface area contributed by atoms with Crippen molar-refractivity contribution in [2.24, 2.45) is 0 Å². The molecule has 0 aliphatic rings. The van der Waals surface area contributed by atoms with Crippen LogP contribution in [0.1, 0.15) is 5.69 Å². The van der Waals surface area contributed by atoms with Crippen molar-refractivity contribution >= 4 is 46.4 Å². The number of rotatable bonds is 7. The van der Waals surface area contributed by atoms with Gasteiger partial charge in [0, 0.05) is 43.5 Å². The van der Waals surface area contributed by atoms with E-state index in [0.717, 1.165) is 12.2 Å². The molecule has 0 saturated heterocycles. The Bertz CT molecular complexity index is 673. The van der Waals surface area contributed by atoms with Gasteiger partial charge in [0.1, 0.15) is 0 Å². The summed E-state index contributed by atoms with van der Waals surface area (Å²) in [5, 5.41) is 4.84. The molecule has 0 fully saturated rings. The number of nitrogens with zero attached hydrogens (tertiary/aromatic N) is 3. The van der Waals surface area contributed by atoms with Crippen LogP contribution in [0.25, 0.3) is 4.96 Å². The average molecular weight is 363 g/mol. The summed E-state index contributed by atoms with van der Waals surface area (Å²) >= 11 is 2.91. The molecular formula is C13H19ClN4O2S2. The van der Waals surface area contributed by atoms with Gasteiger partial charge in [0.05, 0.1) is 11.4 Å². The van der Waals surface area contributed by atoms with Gasteiger partial charge in [-0.15, -0.1) is 35.5 Å². The number of aromatic nitrogens is 2. The van der Waals surface area contributed by atoms with E-state index in [4.69, 9.17) is 0 Å². The molecule has 22 heavy (non-hydrogen) atoms. The van der Waals surface area contributed by atoms with E-state index < -0.39 is 0 Å². The zero-order chi connectivity index (χ0) is 15.2. The summed E-state index contributed by atoms with van der Waals surface area (Å²) in [5.41, 5.74) is 0.646. The fourth-order valence-corrected chi connectivity index (χ4v) is 3.31. The molecular weight excluding hydrogens is 344 g/mol. The molecule has 0 aliphatic carbocycles. The van der Waals surface area contributed by atoms with E-state index in [2.05, 4.69) is 10.3 Å². The first-order chi connectivity index (χ1) is 10.1. The highest BCUT2D eigenvalue weighted by Gasteiger charge is 2.09. The second-order valence-electron chi connectivity index (χ2n) is 4.55. The Balaban J connectivity index is 0.00000242. The lowest BCUT2D eigenvalue weighted by atomic mass is 10.4. The average Bonchev–Trinajstić information content (AvgIpc) is 2.93. The summed E-state index contributed by atoms with van der Waals surface area (Å²) in [5.74, 6) is 1.05. The maximum Gasteiger partial charge on any atom is 0.258 e. The maximum absolute atomic E-state index is 11.9. The number of hydrogen-bond acceptors (Lipinski definition) is 6. The third-order valence-electron chi connectivity index (χ3n) is 2.95. The van der Waals surface area contributed by atoms with E-state index in [1.165, 1.54) is 33.6 Å². The highest BCUT2D eigenvalue weighted by molar-refractivity contribution is 7.99. The van der Waals surface area contributed by atoms with Gasteiger partial charge in [-0.2, -0.15) is 0 Å². The van der Waals surface area contributed by atoms with Gasteiger partial charge in [-0.05, 0) is 7.05 Å². The molecule has 2 aromatic heterocycles. The van der Waals surface area contributed by atoms with E-state index in [0.29, 0.717) is 23.0 Å². The second-order valence-corrected chi connectivity index (χ2v) is 6.41. The third-order valence-corrected chi connectivity index (χ3v) is 4.66. The lowest BCUT2D eigenvalue weighted by Crippen LogP contribution is -2.33. The first-order valence-electron chi connectivity index (χ1n) is 6.54. The number of halogens is 1. The lowest BCUT2D eigenvalue weighted by molar-refractivity contribution is -0.127. The number of thioether (sulfide) groups is 1. The highest BCUT2D eigenvalue weighted by atomic mass is 35.5. The van der Waals surface area contributed by atoms with Gasteiger partial charge >= 0.3 is 0 Å². The number of fused-ring (bicyclic) bond motifs is 1. The first kappa shape index (κ1) is 19.0. The standard InChI is InChI=1S/C13H18N4O2S2.ClH/c1-14-3-4-16(2)12(19)9-20-8-10-7-11(18)17-5-6-21-13(17)15-10;/h5-7,14H,3-4,8-9H2,1-2H3;1H. The quantitative estimate of drug-likeness (QED) is 0.798. The third kappa shape index (κ3) is 4.98. The van der Waals surface area contributed by atoms with Gasteiger partial charge in [-0.1, -0.05) is 0 Å². The first-order valence-corrected chi connectivity index (χ1v) is 8.57. The number of nitrogens with one attached hydrogen (secondary N) is 1. The molecule has 0 radical (unpaired) electrons. The van der Waals surface area contributed by atoms with E-state index in [9.17, 15) is 9.59 Å². The van der Waals surface area contributed by atoms with Crippen LogP contribution < -0.4 is 10.9 Å². The normalized spacial score (nSPS) is 10.5. The van der Waals surface area contributed by atoms with Crippen LogP contribution >= 0.6 is 35.5 Å². The molecule has 2 heterocycles. The number of likely N-dealkylation sites (N-methyl/N-ethyl adjacent to an activating group) is 2. The van der Waals surface area contributed by atoms with Crippen LogP contribution in [0.2, 0.25) is 0 Å². The Kier molecular flexibility index (Phi) is 7.88. The molecule has 0 unspecified atom stereocenters. The minimum Gasteiger partial charge on any atom is -0.344 e. The highest BCUT2D eigenvalue weighted by Crippen LogP contribution is 2.12. The van der Waals surface area contributed by atoms with Crippen molar-refractivity contribution < 1.29 is 4.79 Å². The van der Waals surface area contributed by atoms with Crippen molar-refractivity contribution in [2.75, 3.05) is 32.9 Å². The van der Waals surface area contributed by atoms with Crippen molar-refractivity contribution in [1.29, 1.82) is 0 Å². The Morgan fingerprint density at radius 3 is 3.05 bits per heavy atom. The molecule has 9 heteroatoms. The van der Waals surface area contributed by atoms with E-state index >= 15 is 0 Å². The van der Waals surface area contributed by atoms with Crippen LogP contribution in [0, 0.1) is 0 Å². The SMILES string of the molecule is CNCCN(C)C(=O)CSCc1cc(=O)n2ccsc2n1.Cl. The molecule has 0 bridgehead atoms. The van der Waals surface area contributed by atoms with Crippen LogP contribution in [-0.4, -0.2) is 53.1 Å². The molecule has 0 saturated carbocycles. The van der Waals surface area contributed by atoms with Crippen LogP contribution in [0.4, 0.5) is 0 Å². The van der Waals surface area contributed by atoms with Crippen LogP contribution in [0.5, 0.6) is 0 Å². The van der Waals surface area contributed by atoms with Crippen LogP contribution in [-0.2, 0) is 10.5 Å². The summed E-state index contributed by atoms with van der Waals surface area (Å²) in [6.07, 6.45) is 1.71. The van der Waals surface area contributed by atoms with Crippen LogP contribution in [0.3, 0.4) is 0 Å². The maximum atomic E-state index is 11.9. The Labute approximate surface area is 143 Å². The Hall–Kier alpha value is -1.09. The fraction of sp³-hybridized carbons (Fsp3) is 0.462. The molecule has 0 aromatic carbocycles. The number of carbonyl (C=O) groups is 1. The molecule has 0 spiro atoms. The van der Waals surface area contributed by atoms with Gasteiger partial charge in [-0.3, -0.25) is 14.0 Å². The molecule has 122 valence electrons. The summed E-state index contributed by atoms with van der Waals surface area (Å²) in [6.45, 7) is 1.47. The predicted molar refractivity (Wildman–Crippen MR) is 94.3 cm³/mol. The molecule has 1 N–H and O–H groups in total. The van der Waals surface area contributed by atoms with E-state index in [1.807, 2.05) is 12.4 Å². The minimum atomic E-state index is -0.0747. The summed E-state index contributed by atoms with van der Waals surface area (Å²) in [6, 6.07) is 1.53. The number of hydrogen-bond donors (Lipinski definition) is 1. The van der Waals surface area contributed by atoms with Gasteiger partial charge in [0.25, 0.3) is 5.56 Å². The van der Waals surface area contributed by atoms with Crippen molar-refractivity contribution in [3.8, 4) is 0 Å². The van der Waals surface area contributed by atoms with Crippen molar-refractivity contribution in [1.82, 2.24) is 19.6 Å². The summed E-state index contributed by atoms with van der Waals surface area (Å²) < 4.78 is 1.52. The van der Waals surface area contributed by atoms with Crippen LogP contribution in [0.15, 0.2) is 22.4 Å². The molecule has 6 nitrogen and oxygen atoms in total. The smallest absolute Gasteiger partial charge is 0.258 e. The van der Waals surface area contributed by atoms with Gasteiger partial charge < -0.3 is 10.2 Å². The zero-order valence-electron chi connectivity index (χ0n) is 12.4. The van der Waals surface area contributed by atoms with Crippen molar-refractivity contribution in [3.63, 3.8) is 0 Å². The molecule has 0 atom stereocenters.